The number of guanidine groups is 1. The number of fused-ring (bicyclic) bond motifs is 1. The quantitative estimate of drug-likeness (QED) is 0.250. The van der Waals surface area contributed by atoms with Crippen LogP contribution in [0.25, 0.3) is 0 Å². The van der Waals surface area contributed by atoms with Crippen molar-refractivity contribution in [1.82, 2.24) is 20.4 Å². The summed E-state index contributed by atoms with van der Waals surface area (Å²) in [6, 6.07) is 2.11. The summed E-state index contributed by atoms with van der Waals surface area (Å²) >= 11 is 1.77. The number of hydrogen-bond acceptors (Lipinski definition) is 4. The largest absolute Gasteiger partial charge is 0.357 e. The molecule has 7 nitrogen and oxygen atoms in total. The van der Waals surface area contributed by atoms with Crippen LogP contribution >= 0.6 is 35.3 Å². The van der Waals surface area contributed by atoms with Gasteiger partial charge in [0.25, 0.3) is 0 Å². The first kappa shape index (κ1) is 22.9. The normalized spacial score (nSPS) is 16.6. The zero-order valence-corrected chi connectivity index (χ0v) is 19.6. The smallest absolute Gasteiger partial charge is 0.244 e. The Morgan fingerprint density at radius 1 is 1.29 bits per heavy atom. The van der Waals surface area contributed by atoms with Gasteiger partial charge in [0.1, 0.15) is 6.54 Å². The lowest BCUT2D eigenvalue weighted by Crippen LogP contribution is -2.41. The van der Waals surface area contributed by atoms with Crippen LogP contribution in [0.3, 0.4) is 0 Å². The van der Waals surface area contributed by atoms with Gasteiger partial charge in [-0.25, -0.2) is 4.99 Å². The van der Waals surface area contributed by atoms with Crippen LogP contribution in [0.15, 0.2) is 16.4 Å². The minimum atomic E-state index is 0. The molecule has 2 N–H and O–H groups in total. The van der Waals surface area contributed by atoms with Crippen molar-refractivity contribution in [2.24, 2.45) is 4.99 Å². The fourth-order valence-electron chi connectivity index (χ4n) is 3.47. The number of halogens is 1. The minimum Gasteiger partial charge on any atom is -0.357 e. The van der Waals surface area contributed by atoms with Crippen molar-refractivity contribution < 1.29 is 9.59 Å². The Balaban J connectivity index is 0.00000280. The Morgan fingerprint density at radius 2 is 2.14 bits per heavy atom. The molecule has 2 aliphatic rings. The van der Waals surface area contributed by atoms with Crippen molar-refractivity contribution in [2.45, 2.75) is 39.2 Å². The lowest BCUT2D eigenvalue weighted by molar-refractivity contribution is -0.130. The summed E-state index contributed by atoms with van der Waals surface area (Å²) in [5.74, 6) is 0.982. The predicted molar refractivity (Wildman–Crippen MR) is 123 cm³/mol. The fourth-order valence-corrected chi connectivity index (χ4v) is 4.36. The molecule has 28 heavy (non-hydrogen) atoms. The van der Waals surface area contributed by atoms with E-state index in [2.05, 4.69) is 27.1 Å². The van der Waals surface area contributed by atoms with Gasteiger partial charge in [0.05, 0.1) is 0 Å². The van der Waals surface area contributed by atoms with E-state index in [4.69, 9.17) is 0 Å². The summed E-state index contributed by atoms with van der Waals surface area (Å²) in [6.07, 6.45) is 3.47. The number of amides is 2. The molecule has 0 atom stereocenters. The van der Waals surface area contributed by atoms with E-state index in [9.17, 15) is 9.59 Å². The van der Waals surface area contributed by atoms with E-state index in [-0.39, 0.29) is 42.3 Å². The molecule has 0 radical (unpaired) electrons. The second kappa shape index (κ2) is 11.6. The van der Waals surface area contributed by atoms with Gasteiger partial charge in [0.15, 0.2) is 5.96 Å². The zero-order chi connectivity index (χ0) is 19.1. The van der Waals surface area contributed by atoms with Gasteiger partial charge < -0.3 is 20.4 Å². The average Bonchev–Trinajstić information content (AvgIpc) is 3.30. The summed E-state index contributed by atoms with van der Waals surface area (Å²) in [4.78, 5) is 33.8. The Hall–Kier alpha value is -1.36. The van der Waals surface area contributed by atoms with Crippen molar-refractivity contribution in [3.05, 3.63) is 21.9 Å². The van der Waals surface area contributed by atoms with Gasteiger partial charge in [-0.15, -0.1) is 35.3 Å². The van der Waals surface area contributed by atoms with Crippen molar-refractivity contribution in [3.63, 3.8) is 0 Å². The van der Waals surface area contributed by atoms with Gasteiger partial charge in [0.2, 0.25) is 11.8 Å². The highest BCUT2D eigenvalue weighted by Crippen LogP contribution is 2.23. The Bertz CT molecular complexity index is 694. The number of likely N-dealkylation sites (tertiary alicyclic amines) is 1. The van der Waals surface area contributed by atoms with E-state index in [0.29, 0.717) is 18.9 Å². The number of thiophene rings is 1. The number of nitrogens with zero attached hydrogens (tertiary/aromatic N) is 3. The van der Waals surface area contributed by atoms with Crippen molar-refractivity contribution >= 4 is 53.1 Å². The highest BCUT2D eigenvalue weighted by atomic mass is 127. The predicted octanol–water partition coefficient (Wildman–Crippen LogP) is 1.82. The van der Waals surface area contributed by atoms with E-state index in [1.165, 1.54) is 10.4 Å². The minimum absolute atomic E-state index is 0. The molecule has 1 saturated heterocycles. The number of carbonyl (C=O) groups is 2. The highest BCUT2D eigenvalue weighted by molar-refractivity contribution is 14.0. The summed E-state index contributed by atoms with van der Waals surface area (Å²) in [5.41, 5.74) is 1.27. The van der Waals surface area contributed by atoms with Crippen molar-refractivity contribution in [1.29, 1.82) is 0 Å². The lowest BCUT2D eigenvalue weighted by Gasteiger charge is -2.26. The molecule has 156 valence electrons. The van der Waals surface area contributed by atoms with Crippen LogP contribution in [0, 0.1) is 0 Å². The molecular weight excluding hydrogens is 489 g/mol. The summed E-state index contributed by atoms with van der Waals surface area (Å²) in [6.45, 7) is 6.75. The number of hydrogen-bond donors (Lipinski definition) is 2. The second-order valence-electron chi connectivity index (χ2n) is 6.89. The SMILES string of the molecule is CCNC(=NCC(=O)N1CCc2sccc2C1)NCCCN1CCCC1=O.I. The van der Waals surface area contributed by atoms with Crippen LogP contribution in [0.2, 0.25) is 0 Å². The van der Waals surface area contributed by atoms with E-state index in [0.717, 1.165) is 52.0 Å². The van der Waals surface area contributed by atoms with E-state index < -0.39 is 0 Å². The van der Waals surface area contributed by atoms with Crippen LogP contribution < -0.4 is 10.6 Å². The van der Waals surface area contributed by atoms with Gasteiger partial charge in [-0.1, -0.05) is 0 Å². The van der Waals surface area contributed by atoms with Gasteiger partial charge in [0, 0.05) is 50.6 Å². The van der Waals surface area contributed by atoms with E-state index in [1.807, 2.05) is 16.7 Å². The average molecular weight is 519 g/mol. The molecular formula is C19H30IN5O2S. The van der Waals surface area contributed by atoms with Gasteiger partial charge >= 0.3 is 0 Å². The highest BCUT2D eigenvalue weighted by Gasteiger charge is 2.21. The fraction of sp³-hybridized carbons (Fsp3) is 0.632. The third-order valence-electron chi connectivity index (χ3n) is 4.95. The standard InChI is InChI=1S/C19H29N5O2S.HI/c1-2-20-19(21-8-4-10-23-9-3-5-17(23)25)22-13-18(26)24-11-6-16-15(14-24)7-12-27-16;/h7,12H,2-6,8-11,13-14H2,1H3,(H2,20,21,22);1H. The lowest BCUT2D eigenvalue weighted by atomic mass is 10.1. The van der Waals surface area contributed by atoms with Crippen LogP contribution in [0.5, 0.6) is 0 Å². The molecule has 3 heterocycles. The Labute approximate surface area is 188 Å². The molecule has 0 aliphatic carbocycles. The van der Waals surface area contributed by atoms with Gasteiger partial charge in [-0.3, -0.25) is 9.59 Å². The third-order valence-corrected chi connectivity index (χ3v) is 5.97. The number of rotatable bonds is 7. The van der Waals surface area contributed by atoms with Crippen LogP contribution in [0.1, 0.15) is 36.6 Å². The first-order valence-corrected chi connectivity index (χ1v) is 10.7. The van der Waals surface area contributed by atoms with Crippen LogP contribution in [-0.4, -0.2) is 66.8 Å². The molecule has 1 aromatic rings. The summed E-state index contributed by atoms with van der Waals surface area (Å²) < 4.78 is 0. The number of aliphatic imine (C=N–C) groups is 1. The monoisotopic (exact) mass is 519 g/mol. The molecule has 3 rings (SSSR count). The van der Waals surface area contributed by atoms with Gasteiger partial charge in [-0.2, -0.15) is 0 Å². The van der Waals surface area contributed by atoms with Crippen LogP contribution in [0.4, 0.5) is 0 Å². The van der Waals surface area contributed by atoms with E-state index >= 15 is 0 Å². The summed E-state index contributed by atoms with van der Waals surface area (Å²) in [5, 5.41) is 8.54. The maximum atomic E-state index is 12.5. The third kappa shape index (κ3) is 6.33. The Morgan fingerprint density at radius 3 is 2.89 bits per heavy atom. The maximum Gasteiger partial charge on any atom is 0.244 e. The molecule has 2 amide bonds. The maximum absolute atomic E-state index is 12.5. The molecule has 2 aliphatic heterocycles. The van der Waals surface area contributed by atoms with E-state index in [1.54, 1.807) is 11.3 Å². The number of nitrogens with one attached hydrogen (secondary N) is 2. The topological polar surface area (TPSA) is 77.0 Å². The molecule has 0 aromatic carbocycles. The first-order valence-electron chi connectivity index (χ1n) is 9.80. The Kier molecular flexibility index (Phi) is 9.49. The molecule has 1 fully saturated rings. The molecule has 0 saturated carbocycles. The van der Waals surface area contributed by atoms with Crippen molar-refractivity contribution in [2.75, 3.05) is 39.3 Å². The van der Waals surface area contributed by atoms with Crippen LogP contribution in [-0.2, 0) is 22.6 Å². The second-order valence-corrected chi connectivity index (χ2v) is 7.89. The molecule has 0 bridgehead atoms. The summed E-state index contributed by atoms with van der Waals surface area (Å²) in [7, 11) is 0. The first-order chi connectivity index (χ1) is 13.2. The molecule has 1 aromatic heterocycles. The molecule has 0 spiro atoms. The molecule has 0 unspecified atom stereocenters. The van der Waals surface area contributed by atoms with Gasteiger partial charge in [-0.05, 0) is 43.2 Å². The van der Waals surface area contributed by atoms with Crippen molar-refractivity contribution in [3.8, 4) is 0 Å². The zero-order valence-electron chi connectivity index (χ0n) is 16.4. The molecule has 9 heteroatoms. The number of carbonyl (C=O) groups excluding carboxylic acids is 2.